The highest BCUT2D eigenvalue weighted by molar-refractivity contribution is 5.90. The van der Waals surface area contributed by atoms with Crippen LogP contribution in [0.5, 0.6) is 0 Å². The Morgan fingerprint density at radius 1 is 1.26 bits per heavy atom. The van der Waals surface area contributed by atoms with Crippen molar-refractivity contribution in [3.8, 4) is 0 Å². The number of carbonyl (C=O) groups excluding carboxylic acids is 2. The average molecular weight is 368 g/mol. The lowest BCUT2D eigenvalue weighted by Gasteiger charge is -2.17. The number of urea groups is 1. The zero-order chi connectivity index (χ0) is 18.9. The molecule has 1 aliphatic carbocycles. The van der Waals surface area contributed by atoms with Crippen molar-refractivity contribution in [3.05, 3.63) is 60.2 Å². The Kier molecular flexibility index (Phi) is 4.51. The molecular formula is C20H21FN4O2. The predicted octanol–water partition coefficient (Wildman–Crippen LogP) is 2.78. The quantitative estimate of drug-likeness (QED) is 0.871. The lowest BCUT2D eigenvalue weighted by molar-refractivity contribution is -0.123. The molecule has 1 saturated heterocycles. The third-order valence-corrected chi connectivity index (χ3v) is 5.46. The number of halogens is 1. The molecule has 1 saturated carbocycles. The fourth-order valence-corrected chi connectivity index (χ4v) is 3.79. The summed E-state index contributed by atoms with van der Waals surface area (Å²) in [4.78, 5) is 30.6. The Labute approximate surface area is 156 Å². The van der Waals surface area contributed by atoms with E-state index in [0.717, 1.165) is 18.4 Å². The van der Waals surface area contributed by atoms with Gasteiger partial charge in [0, 0.05) is 49.0 Å². The molecule has 0 bridgehead atoms. The van der Waals surface area contributed by atoms with Gasteiger partial charge in [-0.2, -0.15) is 0 Å². The van der Waals surface area contributed by atoms with Crippen molar-refractivity contribution in [1.29, 1.82) is 0 Å². The van der Waals surface area contributed by atoms with Crippen molar-refractivity contribution in [2.24, 2.45) is 11.3 Å². The molecule has 140 valence electrons. The summed E-state index contributed by atoms with van der Waals surface area (Å²) < 4.78 is 13.0. The fourth-order valence-electron chi connectivity index (χ4n) is 3.79. The largest absolute Gasteiger partial charge is 0.352 e. The van der Waals surface area contributed by atoms with E-state index in [1.807, 2.05) is 12.1 Å². The summed E-state index contributed by atoms with van der Waals surface area (Å²) in [6, 6.07) is 9.24. The number of nitrogens with one attached hydrogen (secondary N) is 2. The van der Waals surface area contributed by atoms with Gasteiger partial charge in [-0.25, -0.2) is 9.18 Å². The lowest BCUT2D eigenvalue weighted by Crippen LogP contribution is -2.34. The van der Waals surface area contributed by atoms with Crippen LogP contribution in [0.15, 0.2) is 48.8 Å². The van der Waals surface area contributed by atoms with E-state index >= 15 is 0 Å². The Hall–Kier alpha value is -2.96. The van der Waals surface area contributed by atoms with Gasteiger partial charge in [0.25, 0.3) is 0 Å². The first-order chi connectivity index (χ1) is 13.1. The molecule has 6 nitrogen and oxygen atoms in total. The molecule has 1 aliphatic heterocycles. The number of aromatic nitrogens is 1. The maximum Gasteiger partial charge on any atom is 0.321 e. The van der Waals surface area contributed by atoms with Crippen molar-refractivity contribution in [1.82, 2.24) is 15.2 Å². The van der Waals surface area contributed by atoms with Crippen molar-refractivity contribution >= 4 is 17.6 Å². The van der Waals surface area contributed by atoms with Crippen LogP contribution in [0.1, 0.15) is 18.4 Å². The van der Waals surface area contributed by atoms with E-state index in [0.29, 0.717) is 25.3 Å². The second-order valence-corrected chi connectivity index (χ2v) is 7.31. The Bertz CT molecular complexity index is 843. The van der Waals surface area contributed by atoms with Crippen LogP contribution in [-0.4, -0.2) is 34.9 Å². The van der Waals surface area contributed by atoms with Gasteiger partial charge in [0.1, 0.15) is 5.82 Å². The minimum Gasteiger partial charge on any atom is -0.352 e. The summed E-state index contributed by atoms with van der Waals surface area (Å²) in [6.45, 7) is 1.67. The number of likely N-dealkylation sites (tertiary alicyclic amines) is 1. The summed E-state index contributed by atoms with van der Waals surface area (Å²) in [5.41, 5.74) is 1.43. The van der Waals surface area contributed by atoms with Gasteiger partial charge in [0.15, 0.2) is 0 Å². The van der Waals surface area contributed by atoms with Gasteiger partial charge in [-0.1, -0.05) is 6.07 Å². The maximum absolute atomic E-state index is 13.0. The zero-order valence-electron chi connectivity index (χ0n) is 14.8. The molecule has 2 fully saturated rings. The summed E-state index contributed by atoms with van der Waals surface area (Å²) in [5.74, 6) is -0.344. The predicted molar refractivity (Wildman–Crippen MR) is 98.2 cm³/mol. The number of carbonyl (C=O) groups is 2. The summed E-state index contributed by atoms with van der Waals surface area (Å²) >= 11 is 0. The van der Waals surface area contributed by atoms with E-state index < -0.39 is 0 Å². The Morgan fingerprint density at radius 2 is 2.07 bits per heavy atom. The van der Waals surface area contributed by atoms with Crippen molar-refractivity contribution in [3.63, 3.8) is 0 Å². The molecule has 2 N–H and O–H groups in total. The van der Waals surface area contributed by atoms with Gasteiger partial charge in [-0.05, 0) is 48.7 Å². The molecule has 27 heavy (non-hydrogen) atoms. The van der Waals surface area contributed by atoms with Gasteiger partial charge in [-0.15, -0.1) is 0 Å². The number of pyridine rings is 1. The van der Waals surface area contributed by atoms with E-state index in [4.69, 9.17) is 0 Å². The fraction of sp³-hybridized carbons (Fsp3) is 0.350. The van der Waals surface area contributed by atoms with Crippen LogP contribution in [0.2, 0.25) is 0 Å². The molecule has 0 unspecified atom stereocenters. The number of benzene rings is 1. The first-order valence-corrected chi connectivity index (χ1v) is 9.04. The van der Waals surface area contributed by atoms with Crippen LogP contribution >= 0.6 is 0 Å². The molecular weight excluding hydrogens is 347 g/mol. The number of nitrogens with zero attached hydrogens (tertiary/aromatic N) is 2. The van der Waals surface area contributed by atoms with E-state index in [1.165, 1.54) is 24.3 Å². The van der Waals surface area contributed by atoms with Gasteiger partial charge >= 0.3 is 6.03 Å². The highest BCUT2D eigenvalue weighted by atomic mass is 19.1. The van der Waals surface area contributed by atoms with Gasteiger partial charge in [0.2, 0.25) is 5.91 Å². The number of anilines is 1. The first kappa shape index (κ1) is 17.5. The Morgan fingerprint density at radius 3 is 2.81 bits per heavy atom. The van der Waals surface area contributed by atoms with Crippen LogP contribution in [0.4, 0.5) is 14.9 Å². The van der Waals surface area contributed by atoms with Crippen molar-refractivity contribution in [2.45, 2.75) is 19.4 Å². The molecule has 3 amide bonds. The summed E-state index contributed by atoms with van der Waals surface area (Å²) in [6.07, 6.45) is 5.08. The van der Waals surface area contributed by atoms with Gasteiger partial charge in [-0.3, -0.25) is 9.78 Å². The van der Waals surface area contributed by atoms with Crippen molar-refractivity contribution < 1.29 is 14.0 Å². The molecule has 2 heterocycles. The highest BCUT2D eigenvalue weighted by Crippen LogP contribution is 2.58. The van der Waals surface area contributed by atoms with Crippen LogP contribution in [0.3, 0.4) is 0 Å². The third-order valence-electron chi connectivity index (χ3n) is 5.46. The minimum absolute atomic E-state index is 0.0413. The molecule has 2 aliphatic rings. The van der Waals surface area contributed by atoms with Crippen LogP contribution in [0.25, 0.3) is 0 Å². The van der Waals surface area contributed by atoms with E-state index in [-0.39, 0.29) is 29.1 Å². The topological polar surface area (TPSA) is 74.3 Å². The first-order valence-electron chi connectivity index (χ1n) is 9.04. The van der Waals surface area contributed by atoms with Gasteiger partial charge < -0.3 is 15.5 Å². The molecule has 1 spiro atoms. The van der Waals surface area contributed by atoms with Crippen LogP contribution < -0.4 is 10.6 Å². The second kappa shape index (κ2) is 6.98. The summed E-state index contributed by atoms with van der Waals surface area (Å²) in [5, 5.41) is 5.75. The summed E-state index contributed by atoms with van der Waals surface area (Å²) in [7, 11) is 0. The van der Waals surface area contributed by atoms with Gasteiger partial charge in [0.05, 0.1) is 0 Å². The molecule has 7 heteroatoms. The van der Waals surface area contributed by atoms with E-state index in [1.54, 1.807) is 17.3 Å². The normalized spacial score (nSPS) is 23.3. The molecule has 4 rings (SSSR count). The zero-order valence-corrected chi connectivity index (χ0v) is 14.8. The molecule has 0 radical (unpaired) electrons. The average Bonchev–Trinajstić information content (AvgIpc) is 3.22. The van der Waals surface area contributed by atoms with Crippen LogP contribution in [0, 0.1) is 17.2 Å². The maximum atomic E-state index is 13.0. The van der Waals surface area contributed by atoms with E-state index in [2.05, 4.69) is 15.6 Å². The molecule has 1 aromatic carbocycles. The third kappa shape index (κ3) is 3.77. The van der Waals surface area contributed by atoms with Crippen molar-refractivity contribution in [2.75, 3.05) is 18.4 Å². The molecule has 2 aromatic rings. The Balaban J connectivity index is 1.28. The monoisotopic (exact) mass is 368 g/mol. The van der Waals surface area contributed by atoms with Crippen LogP contribution in [-0.2, 0) is 11.3 Å². The minimum atomic E-state index is -0.341. The number of rotatable bonds is 4. The number of hydrogen-bond acceptors (Lipinski definition) is 3. The number of hydrogen-bond donors (Lipinski definition) is 2. The highest BCUT2D eigenvalue weighted by Gasteiger charge is 2.61. The SMILES string of the molecule is O=C(NCc1cccnc1)[C@H]1C[C@@]12CCN(C(=O)Nc1ccc(F)cc1)C2. The van der Waals surface area contributed by atoms with E-state index in [9.17, 15) is 14.0 Å². The molecule has 2 atom stereocenters. The number of amides is 3. The second-order valence-electron chi connectivity index (χ2n) is 7.31. The lowest BCUT2D eigenvalue weighted by atomic mass is 10.0. The smallest absolute Gasteiger partial charge is 0.321 e. The molecule has 1 aromatic heterocycles. The standard InChI is InChI=1S/C20H21FN4O2/c21-15-3-5-16(6-4-15)24-19(27)25-9-7-20(13-25)10-17(20)18(26)23-12-14-2-1-8-22-11-14/h1-6,8,11,17H,7,9-10,12-13H2,(H,23,26)(H,24,27)/t17-,20-/m1/s1.